The van der Waals surface area contributed by atoms with E-state index >= 15 is 0 Å². The van der Waals surface area contributed by atoms with Crippen LogP contribution < -0.4 is 0 Å². The molecule has 0 heteroatoms. The maximum Gasteiger partial charge on any atom is -0.0163 e. The third-order valence-corrected chi connectivity index (χ3v) is 1.98. The van der Waals surface area contributed by atoms with Gasteiger partial charge in [0.2, 0.25) is 0 Å². The van der Waals surface area contributed by atoms with Crippen LogP contribution in [0.5, 0.6) is 0 Å². The zero-order valence-corrected chi connectivity index (χ0v) is 8.60. The maximum absolute atomic E-state index is 2.24. The van der Waals surface area contributed by atoms with E-state index in [1.165, 1.54) is 0 Å². The fraction of sp³-hybridized carbons (Fsp3) is 0.286. The minimum absolute atomic E-state index is 1.02. The largest absolute Gasteiger partial charge is 0.0879 e. The van der Waals surface area contributed by atoms with Crippen molar-refractivity contribution in [2.75, 3.05) is 0 Å². The lowest BCUT2D eigenvalue weighted by atomic mass is 10.2. The molecule has 1 aliphatic carbocycles. The zero-order valence-electron chi connectivity index (χ0n) is 8.60. The molecule has 0 saturated heterocycles. The van der Waals surface area contributed by atoms with E-state index in [1.807, 2.05) is 0 Å². The summed E-state index contributed by atoms with van der Waals surface area (Å²) in [6, 6.07) is 0. The molecule has 0 saturated carbocycles. The fourth-order valence-electron chi connectivity index (χ4n) is 1.21. The summed E-state index contributed by atoms with van der Waals surface area (Å²) in [7, 11) is 0. The van der Waals surface area contributed by atoms with Gasteiger partial charge in [0.1, 0.15) is 0 Å². The van der Waals surface area contributed by atoms with Crippen molar-refractivity contribution in [1.29, 1.82) is 0 Å². The van der Waals surface area contributed by atoms with Gasteiger partial charge in [0, 0.05) is 0 Å². The zero-order chi connectivity index (χ0) is 9.90. The average Bonchev–Trinajstić information content (AvgIpc) is 2.22. The molecule has 0 aromatic rings. The van der Waals surface area contributed by atoms with Gasteiger partial charge in [0.15, 0.2) is 0 Å². The Bertz CT molecular complexity index is 262. The SMILES string of the molecule is C1=CCC/C=C\C/C=C/C=C/C/C=C\1. The summed E-state index contributed by atoms with van der Waals surface area (Å²) in [5.74, 6) is 0. The lowest BCUT2D eigenvalue weighted by Crippen LogP contribution is -1.66. The fourth-order valence-corrected chi connectivity index (χ4v) is 1.21. The molecule has 1 aliphatic rings. The second-order valence-corrected chi connectivity index (χ2v) is 3.23. The Kier molecular flexibility index (Phi) is 6.39. The van der Waals surface area contributed by atoms with Crippen molar-refractivity contribution in [2.24, 2.45) is 0 Å². The Morgan fingerprint density at radius 1 is 0.429 bits per heavy atom. The van der Waals surface area contributed by atoms with E-state index in [0.717, 1.165) is 25.7 Å². The molecule has 0 fully saturated rings. The van der Waals surface area contributed by atoms with Gasteiger partial charge in [-0.2, -0.15) is 0 Å². The Balaban J connectivity index is 2.45. The van der Waals surface area contributed by atoms with E-state index in [1.54, 1.807) is 0 Å². The van der Waals surface area contributed by atoms with Gasteiger partial charge in [-0.05, 0) is 25.7 Å². The number of hydrogen-bond acceptors (Lipinski definition) is 0. The average molecular weight is 186 g/mol. The van der Waals surface area contributed by atoms with Crippen LogP contribution in [0.1, 0.15) is 25.7 Å². The number of hydrogen-bond donors (Lipinski definition) is 0. The Morgan fingerprint density at radius 3 is 1.64 bits per heavy atom. The van der Waals surface area contributed by atoms with Crippen LogP contribution in [0.4, 0.5) is 0 Å². The van der Waals surface area contributed by atoms with Gasteiger partial charge in [0.05, 0.1) is 0 Å². The van der Waals surface area contributed by atoms with Crippen LogP contribution in [-0.2, 0) is 0 Å². The normalized spacial score (nSPS) is 27.4. The second kappa shape index (κ2) is 8.31. The van der Waals surface area contributed by atoms with Crippen molar-refractivity contribution >= 4 is 0 Å². The molecule has 0 amide bonds. The Hall–Kier alpha value is -1.30. The van der Waals surface area contributed by atoms with Crippen molar-refractivity contribution < 1.29 is 0 Å². The monoisotopic (exact) mass is 186 g/mol. The standard InChI is InChI=1S/C14H18/c1-2-4-6-8-10-12-14-13-11-9-7-5-3-1/h1-4,7-11,13H,5-6,12,14H2/b3-1+,4-2+,9-7-,10-8-,13-11?. The van der Waals surface area contributed by atoms with Crippen LogP contribution in [0.25, 0.3) is 0 Å². The first kappa shape index (κ1) is 10.8. The molecule has 0 aromatic heterocycles. The molecular weight excluding hydrogens is 168 g/mol. The van der Waals surface area contributed by atoms with Crippen LogP contribution in [0, 0.1) is 0 Å². The van der Waals surface area contributed by atoms with E-state index < -0.39 is 0 Å². The lowest BCUT2D eigenvalue weighted by molar-refractivity contribution is 1.04. The summed E-state index contributed by atoms with van der Waals surface area (Å²) >= 11 is 0. The molecule has 14 heavy (non-hydrogen) atoms. The smallest absolute Gasteiger partial charge is 0.0163 e. The first-order valence-electron chi connectivity index (χ1n) is 5.28. The van der Waals surface area contributed by atoms with Crippen LogP contribution >= 0.6 is 0 Å². The molecule has 0 atom stereocenters. The maximum atomic E-state index is 2.24. The van der Waals surface area contributed by atoms with Gasteiger partial charge in [-0.1, -0.05) is 60.8 Å². The molecule has 0 heterocycles. The number of allylic oxidation sites excluding steroid dienone is 10. The van der Waals surface area contributed by atoms with Crippen LogP contribution in [-0.4, -0.2) is 0 Å². The predicted molar refractivity (Wildman–Crippen MR) is 64.2 cm³/mol. The highest BCUT2D eigenvalue weighted by molar-refractivity contribution is 5.10. The highest BCUT2D eigenvalue weighted by Crippen LogP contribution is 1.97. The first-order chi connectivity index (χ1) is 7.00. The summed E-state index contributed by atoms with van der Waals surface area (Å²) in [6.45, 7) is 0. The summed E-state index contributed by atoms with van der Waals surface area (Å²) in [5, 5.41) is 0. The highest BCUT2D eigenvalue weighted by atomic mass is 13.8. The Morgan fingerprint density at radius 2 is 0.929 bits per heavy atom. The van der Waals surface area contributed by atoms with Crippen LogP contribution in [0.3, 0.4) is 0 Å². The van der Waals surface area contributed by atoms with Gasteiger partial charge in [-0.25, -0.2) is 0 Å². The van der Waals surface area contributed by atoms with Gasteiger partial charge in [0.25, 0.3) is 0 Å². The molecule has 0 aliphatic heterocycles. The Labute approximate surface area is 87.0 Å². The van der Waals surface area contributed by atoms with Crippen molar-refractivity contribution in [1.82, 2.24) is 0 Å². The quantitative estimate of drug-likeness (QED) is 0.494. The van der Waals surface area contributed by atoms with Crippen molar-refractivity contribution in [3.05, 3.63) is 60.8 Å². The molecule has 1 rings (SSSR count). The van der Waals surface area contributed by atoms with Crippen molar-refractivity contribution in [3.8, 4) is 0 Å². The highest BCUT2D eigenvalue weighted by Gasteiger charge is 1.76. The van der Waals surface area contributed by atoms with E-state index in [-0.39, 0.29) is 0 Å². The molecule has 0 nitrogen and oxygen atoms in total. The van der Waals surface area contributed by atoms with Crippen LogP contribution in [0.15, 0.2) is 60.8 Å². The van der Waals surface area contributed by atoms with E-state index in [9.17, 15) is 0 Å². The van der Waals surface area contributed by atoms with E-state index in [4.69, 9.17) is 0 Å². The summed E-state index contributed by atoms with van der Waals surface area (Å²) in [6.07, 6.45) is 26.0. The van der Waals surface area contributed by atoms with Crippen LogP contribution in [0.2, 0.25) is 0 Å². The molecular formula is C14H18. The van der Waals surface area contributed by atoms with Crippen molar-refractivity contribution in [2.45, 2.75) is 25.7 Å². The molecule has 0 spiro atoms. The van der Waals surface area contributed by atoms with E-state index in [0.29, 0.717) is 0 Å². The third kappa shape index (κ3) is 6.24. The lowest BCUT2D eigenvalue weighted by Gasteiger charge is -1.87. The second-order valence-electron chi connectivity index (χ2n) is 3.23. The minimum Gasteiger partial charge on any atom is -0.0879 e. The molecule has 0 unspecified atom stereocenters. The van der Waals surface area contributed by atoms with Gasteiger partial charge >= 0.3 is 0 Å². The van der Waals surface area contributed by atoms with Gasteiger partial charge in [-0.3, -0.25) is 0 Å². The summed E-state index contributed by atoms with van der Waals surface area (Å²) in [4.78, 5) is 0. The minimum atomic E-state index is 1.02. The summed E-state index contributed by atoms with van der Waals surface area (Å²) < 4.78 is 0. The molecule has 74 valence electrons. The topological polar surface area (TPSA) is 0 Å². The third-order valence-electron chi connectivity index (χ3n) is 1.98. The van der Waals surface area contributed by atoms with Crippen molar-refractivity contribution in [3.63, 3.8) is 0 Å². The van der Waals surface area contributed by atoms with Gasteiger partial charge in [-0.15, -0.1) is 0 Å². The number of rotatable bonds is 0. The van der Waals surface area contributed by atoms with E-state index in [2.05, 4.69) is 60.8 Å². The molecule has 0 bridgehead atoms. The summed E-state index contributed by atoms with van der Waals surface area (Å²) in [5.41, 5.74) is 0. The molecule has 0 N–H and O–H groups in total. The first-order valence-corrected chi connectivity index (χ1v) is 5.28. The predicted octanol–water partition coefficient (Wildman–Crippen LogP) is 4.34. The molecule has 0 radical (unpaired) electrons. The van der Waals surface area contributed by atoms with Gasteiger partial charge < -0.3 is 0 Å². The molecule has 0 aromatic carbocycles.